The van der Waals surface area contributed by atoms with Gasteiger partial charge in [0.05, 0.1) is 5.41 Å². The molecule has 0 bridgehead atoms. The molecule has 0 radical (unpaired) electrons. The molecule has 2 heterocycles. The van der Waals surface area contributed by atoms with Crippen LogP contribution in [0, 0.1) is 11.3 Å². The number of nitrogens with one attached hydrogen (secondary N) is 1. The quantitative estimate of drug-likeness (QED) is 0.804. The van der Waals surface area contributed by atoms with Crippen LogP contribution in [0.25, 0.3) is 0 Å². The van der Waals surface area contributed by atoms with Crippen LogP contribution in [-0.2, 0) is 9.59 Å². The van der Waals surface area contributed by atoms with Gasteiger partial charge < -0.3 is 15.3 Å². The summed E-state index contributed by atoms with van der Waals surface area (Å²) in [5.74, 6) is -0.333. The number of hydrogen-bond acceptors (Lipinski definition) is 3. The molecule has 19 heavy (non-hydrogen) atoms. The summed E-state index contributed by atoms with van der Waals surface area (Å²) in [4.78, 5) is 25.6. The molecule has 1 amide bonds. The first-order valence-electron chi connectivity index (χ1n) is 7.32. The molecule has 0 atom stereocenters. The van der Waals surface area contributed by atoms with Crippen LogP contribution in [0.4, 0.5) is 0 Å². The predicted molar refractivity (Wildman–Crippen MR) is 71.8 cm³/mol. The second kappa shape index (κ2) is 5.90. The number of rotatable bonds is 3. The fourth-order valence-electron chi connectivity index (χ4n) is 3.20. The van der Waals surface area contributed by atoms with Crippen molar-refractivity contribution in [2.24, 2.45) is 11.3 Å². The molecule has 108 valence electrons. The molecule has 0 aromatic rings. The molecule has 2 fully saturated rings. The molecule has 5 nitrogen and oxygen atoms in total. The zero-order valence-corrected chi connectivity index (χ0v) is 11.7. The highest BCUT2D eigenvalue weighted by atomic mass is 16.4. The van der Waals surface area contributed by atoms with E-state index in [1.165, 1.54) is 0 Å². The SMILES string of the molecule is CCC1(C(=O)O)CCN(C(=O)C2CCNCC2)CC1. The van der Waals surface area contributed by atoms with E-state index in [1.807, 2.05) is 11.8 Å². The maximum Gasteiger partial charge on any atom is 0.309 e. The summed E-state index contributed by atoms with van der Waals surface area (Å²) in [6, 6.07) is 0. The first-order valence-corrected chi connectivity index (χ1v) is 7.32. The summed E-state index contributed by atoms with van der Waals surface area (Å²) >= 11 is 0. The van der Waals surface area contributed by atoms with Crippen molar-refractivity contribution in [1.29, 1.82) is 0 Å². The van der Waals surface area contributed by atoms with Crippen LogP contribution >= 0.6 is 0 Å². The Balaban J connectivity index is 1.92. The molecular formula is C14H24N2O3. The van der Waals surface area contributed by atoms with Crippen molar-refractivity contribution in [3.63, 3.8) is 0 Å². The first-order chi connectivity index (χ1) is 9.09. The minimum Gasteiger partial charge on any atom is -0.481 e. The minimum absolute atomic E-state index is 0.139. The molecule has 5 heteroatoms. The number of likely N-dealkylation sites (tertiary alicyclic amines) is 1. The summed E-state index contributed by atoms with van der Waals surface area (Å²) in [7, 11) is 0. The van der Waals surface area contributed by atoms with Crippen LogP contribution in [0.1, 0.15) is 39.0 Å². The Hall–Kier alpha value is -1.10. The maximum atomic E-state index is 12.4. The number of hydrogen-bond donors (Lipinski definition) is 2. The average Bonchev–Trinajstić information content (AvgIpc) is 2.47. The lowest BCUT2D eigenvalue weighted by Gasteiger charge is -2.40. The van der Waals surface area contributed by atoms with Crippen molar-refractivity contribution >= 4 is 11.9 Å². The Kier molecular flexibility index (Phi) is 4.45. The Labute approximate surface area is 114 Å². The van der Waals surface area contributed by atoms with E-state index in [-0.39, 0.29) is 11.8 Å². The van der Waals surface area contributed by atoms with Crippen molar-refractivity contribution in [1.82, 2.24) is 10.2 Å². The summed E-state index contributed by atoms with van der Waals surface area (Å²) < 4.78 is 0. The third-order valence-corrected chi connectivity index (χ3v) is 4.85. The van der Waals surface area contributed by atoms with Crippen molar-refractivity contribution in [3.8, 4) is 0 Å². The molecule has 0 aromatic heterocycles. The summed E-state index contributed by atoms with van der Waals surface area (Å²) in [5.41, 5.74) is -0.606. The van der Waals surface area contributed by atoms with E-state index in [2.05, 4.69) is 5.32 Å². The van der Waals surface area contributed by atoms with Crippen molar-refractivity contribution in [3.05, 3.63) is 0 Å². The van der Waals surface area contributed by atoms with Crippen LogP contribution in [0.3, 0.4) is 0 Å². The largest absolute Gasteiger partial charge is 0.481 e. The van der Waals surface area contributed by atoms with E-state index in [1.54, 1.807) is 0 Å². The van der Waals surface area contributed by atoms with Gasteiger partial charge in [0, 0.05) is 19.0 Å². The molecule has 0 aromatic carbocycles. The first kappa shape index (κ1) is 14.3. The number of carbonyl (C=O) groups excluding carboxylic acids is 1. The van der Waals surface area contributed by atoms with Gasteiger partial charge in [-0.3, -0.25) is 9.59 Å². The zero-order chi connectivity index (χ0) is 13.9. The van der Waals surface area contributed by atoms with Gasteiger partial charge in [0.1, 0.15) is 0 Å². The molecule has 2 saturated heterocycles. The molecule has 0 unspecified atom stereocenters. The highest BCUT2D eigenvalue weighted by molar-refractivity contribution is 5.80. The number of carboxylic acids is 1. The summed E-state index contributed by atoms with van der Waals surface area (Å²) in [6.45, 7) is 4.96. The molecule has 0 aliphatic carbocycles. The molecule has 2 rings (SSSR count). The standard InChI is InChI=1S/C14H24N2O3/c1-2-14(13(18)19)5-9-16(10-6-14)12(17)11-3-7-15-8-4-11/h11,15H,2-10H2,1H3,(H,18,19). The fourth-order valence-corrected chi connectivity index (χ4v) is 3.20. The van der Waals surface area contributed by atoms with Gasteiger partial charge in [0.2, 0.25) is 5.91 Å². The van der Waals surface area contributed by atoms with Gasteiger partial charge in [-0.15, -0.1) is 0 Å². The Morgan fingerprint density at radius 1 is 1.26 bits per heavy atom. The van der Waals surface area contributed by atoms with Crippen LogP contribution in [0.5, 0.6) is 0 Å². The number of piperidine rings is 2. The molecule has 0 saturated carbocycles. The summed E-state index contributed by atoms with van der Waals surface area (Å²) in [6.07, 6.45) is 3.66. The Morgan fingerprint density at radius 3 is 2.32 bits per heavy atom. The van der Waals surface area contributed by atoms with Gasteiger partial charge in [-0.1, -0.05) is 6.92 Å². The van der Waals surface area contributed by atoms with Crippen LogP contribution in [-0.4, -0.2) is 48.1 Å². The molecule has 2 N–H and O–H groups in total. The van der Waals surface area contributed by atoms with E-state index in [9.17, 15) is 14.7 Å². The lowest BCUT2D eigenvalue weighted by Crippen LogP contribution is -2.49. The van der Waals surface area contributed by atoms with Crippen LogP contribution in [0.2, 0.25) is 0 Å². The highest BCUT2D eigenvalue weighted by Crippen LogP contribution is 2.35. The number of carboxylic acid groups (broad SMARTS) is 1. The Morgan fingerprint density at radius 2 is 1.84 bits per heavy atom. The summed E-state index contributed by atoms with van der Waals surface area (Å²) in [5, 5.41) is 12.6. The molecule has 2 aliphatic heterocycles. The second-order valence-electron chi connectivity index (χ2n) is 5.79. The highest BCUT2D eigenvalue weighted by Gasteiger charge is 2.41. The molecule has 2 aliphatic rings. The normalized spacial score (nSPS) is 24.2. The number of aliphatic carboxylic acids is 1. The average molecular weight is 268 g/mol. The van der Waals surface area contributed by atoms with E-state index in [0.717, 1.165) is 25.9 Å². The lowest BCUT2D eigenvalue weighted by atomic mass is 9.76. The van der Waals surface area contributed by atoms with E-state index >= 15 is 0 Å². The van der Waals surface area contributed by atoms with Crippen molar-refractivity contribution in [2.75, 3.05) is 26.2 Å². The van der Waals surface area contributed by atoms with Gasteiger partial charge >= 0.3 is 5.97 Å². The van der Waals surface area contributed by atoms with E-state index in [4.69, 9.17) is 0 Å². The fraction of sp³-hybridized carbons (Fsp3) is 0.857. The monoisotopic (exact) mass is 268 g/mol. The zero-order valence-electron chi connectivity index (χ0n) is 11.7. The van der Waals surface area contributed by atoms with Crippen LogP contribution in [0.15, 0.2) is 0 Å². The number of amides is 1. The maximum absolute atomic E-state index is 12.4. The second-order valence-corrected chi connectivity index (χ2v) is 5.79. The van der Waals surface area contributed by atoms with Gasteiger partial charge in [-0.2, -0.15) is 0 Å². The van der Waals surface area contributed by atoms with Gasteiger partial charge in [-0.25, -0.2) is 0 Å². The van der Waals surface area contributed by atoms with Crippen LogP contribution < -0.4 is 5.32 Å². The number of carbonyl (C=O) groups is 2. The molecule has 0 spiro atoms. The number of nitrogens with zero attached hydrogens (tertiary/aromatic N) is 1. The lowest BCUT2D eigenvalue weighted by molar-refractivity contribution is -0.155. The predicted octanol–water partition coefficient (Wildman–Crippen LogP) is 1.09. The Bertz CT molecular complexity index is 343. The van der Waals surface area contributed by atoms with E-state index < -0.39 is 11.4 Å². The molecular weight excluding hydrogens is 244 g/mol. The topological polar surface area (TPSA) is 69.6 Å². The van der Waals surface area contributed by atoms with Gasteiger partial charge in [0.15, 0.2) is 0 Å². The smallest absolute Gasteiger partial charge is 0.309 e. The van der Waals surface area contributed by atoms with Gasteiger partial charge in [-0.05, 0) is 45.2 Å². The van der Waals surface area contributed by atoms with E-state index in [0.29, 0.717) is 32.4 Å². The van der Waals surface area contributed by atoms with Crippen molar-refractivity contribution < 1.29 is 14.7 Å². The third kappa shape index (κ3) is 2.91. The van der Waals surface area contributed by atoms with Gasteiger partial charge in [0.25, 0.3) is 0 Å². The third-order valence-electron chi connectivity index (χ3n) is 4.85. The minimum atomic E-state index is -0.705. The van der Waals surface area contributed by atoms with Crippen molar-refractivity contribution in [2.45, 2.75) is 39.0 Å².